The second-order valence-electron chi connectivity index (χ2n) is 7.36. The number of cyclic esters (lactones) is 1. The first-order chi connectivity index (χ1) is 12.7. The van der Waals surface area contributed by atoms with E-state index in [9.17, 15) is 18.0 Å². The van der Waals surface area contributed by atoms with Crippen LogP contribution in [0, 0.1) is 19.8 Å². The SMILES string of the molecule is Cc1ccc(S(=O)(=O)N2CCC(C(=O)O[C@@H]3C[C@@H](C)OC3=O)CC2)c(C)c1. The summed E-state index contributed by atoms with van der Waals surface area (Å²) in [4.78, 5) is 24.2. The molecule has 1 aromatic rings. The Balaban J connectivity index is 1.61. The molecule has 0 saturated carbocycles. The molecule has 0 aliphatic carbocycles. The fraction of sp³-hybridized carbons (Fsp3) is 0.579. The Labute approximate surface area is 159 Å². The summed E-state index contributed by atoms with van der Waals surface area (Å²) < 4.78 is 37.5. The van der Waals surface area contributed by atoms with Gasteiger partial charge in [0.15, 0.2) is 0 Å². The summed E-state index contributed by atoms with van der Waals surface area (Å²) in [6, 6.07) is 5.26. The zero-order chi connectivity index (χ0) is 19.8. The third kappa shape index (κ3) is 4.16. The fourth-order valence-electron chi connectivity index (χ4n) is 3.61. The predicted octanol–water partition coefficient (Wildman–Crippen LogP) is 1.95. The van der Waals surface area contributed by atoms with E-state index < -0.39 is 34.0 Å². The van der Waals surface area contributed by atoms with Crippen molar-refractivity contribution in [3.05, 3.63) is 29.3 Å². The Morgan fingerprint density at radius 3 is 2.44 bits per heavy atom. The van der Waals surface area contributed by atoms with Gasteiger partial charge in [-0.15, -0.1) is 0 Å². The van der Waals surface area contributed by atoms with Crippen molar-refractivity contribution in [3.63, 3.8) is 0 Å². The summed E-state index contributed by atoms with van der Waals surface area (Å²) in [7, 11) is -3.59. The molecule has 3 rings (SSSR count). The van der Waals surface area contributed by atoms with Crippen LogP contribution in [0.3, 0.4) is 0 Å². The van der Waals surface area contributed by atoms with Crippen molar-refractivity contribution in [2.45, 2.75) is 57.1 Å². The lowest BCUT2D eigenvalue weighted by atomic mass is 9.98. The van der Waals surface area contributed by atoms with Gasteiger partial charge in [0, 0.05) is 19.5 Å². The number of ether oxygens (including phenoxy) is 2. The van der Waals surface area contributed by atoms with Crippen LogP contribution in [0.1, 0.15) is 37.3 Å². The molecule has 0 N–H and O–H groups in total. The fourth-order valence-corrected chi connectivity index (χ4v) is 5.29. The highest BCUT2D eigenvalue weighted by Crippen LogP contribution is 2.28. The molecule has 0 unspecified atom stereocenters. The summed E-state index contributed by atoms with van der Waals surface area (Å²) in [5.41, 5.74) is 1.72. The molecule has 0 radical (unpaired) electrons. The number of sulfonamides is 1. The van der Waals surface area contributed by atoms with E-state index in [1.54, 1.807) is 26.0 Å². The lowest BCUT2D eigenvalue weighted by molar-refractivity contribution is -0.164. The van der Waals surface area contributed by atoms with E-state index in [1.807, 2.05) is 13.0 Å². The normalized spacial score (nSPS) is 24.6. The first kappa shape index (κ1) is 19.8. The minimum atomic E-state index is -3.59. The van der Waals surface area contributed by atoms with E-state index in [4.69, 9.17) is 9.47 Å². The van der Waals surface area contributed by atoms with E-state index in [0.29, 0.717) is 29.7 Å². The molecule has 2 saturated heterocycles. The molecule has 27 heavy (non-hydrogen) atoms. The largest absolute Gasteiger partial charge is 0.460 e. The molecule has 148 valence electrons. The molecular weight excluding hydrogens is 370 g/mol. The van der Waals surface area contributed by atoms with Gasteiger partial charge in [-0.05, 0) is 45.2 Å². The average Bonchev–Trinajstić information content (AvgIpc) is 2.91. The van der Waals surface area contributed by atoms with Crippen molar-refractivity contribution in [2.24, 2.45) is 5.92 Å². The molecule has 0 spiro atoms. The number of benzene rings is 1. The number of hydrogen-bond donors (Lipinski definition) is 0. The molecule has 2 heterocycles. The van der Waals surface area contributed by atoms with Crippen LogP contribution >= 0.6 is 0 Å². The van der Waals surface area contributed by atoms with Crippen molar-refractivity contribution in [1.29, 1.82) is 0 Å². The third-order valence-electron chi connectivity index (χ3n) is 5.12. The molecule has 2 fully saturated rings. The molecule has 2 aliphatic rings. The molecule has 0 bridgehead atoms. The Bertz CT molecular complexity index is 842. The molecule has 0 amide bonds. The van der Waals surface area contributed by atoms with Gasteiger partial charge in [-0.3, -0.25) is 4.79 Å². The quantitative estimate of drug-likeness (QED) is 0.724. The van der Waals surface area contributed by atoms with Gasteiger partial charge in [-0.1, -0.05) is 17.7 Å². The maximum absolute atomic E-state index is 12.9. The van der Waals surface area contributed by atoms with Crippen LogP contribution < -0.4 is 0 Å². The third-order valence-corrected chi connectivity index (χ3v) is 7.18. The van der Waals surface area contributed by atoms with Crippen LogP contribution in [0.15, 0.2) is 23.1 Å². The Hall–Kier alpha value is -1.93. The van der Waals surface area contributed by atoms with Crippen LogP contribution in [0.2, 0.25) is 0 Å². The minimum absolute atomic E-state index is 0.250. The standard InChI is InChI=1S/C19H25NO6S/c1-12-4-5-17(13(2)10-12)27(23,24)20-8-6-15(7-9-20)18(21)26-16-11-14(3)25-19(16)22/h4-5,10,14-16H,6-9,11H2,1-3H3/t14-,16-/m1/s1. The van der Waals surface area contributed by atoms with Gasteiger partial charge in [0.25, 0.3) is 0 Å². The van der Waals surface area contributed by atoms with Gasteiger partial charge in [0.2, 0.25) is 16.1 Å². The topological polar surface area (TPSA) is 90.0 Å². The molecule has 2 aliphatic heterocycles. The van der Waals surface area contributed by atoms with E-state index >= 15 is 0 Å². The first-order valence-electron chi connectivity index (χ1n) is 9.17. The van der Waals surface area contributed by atoms with Gasteiger partial charge in [0.1, 0.15) is 6.10 Å². The number of carbonyl (C=O) groups excluding carboxylic acids is 2. The smallest absolute Gasteiger partial charge is 0.347 e. The van der Waals surface area contributed by atoms with E-state index in [-0.39, 0.29) is 19.2 Å². The molecule has 8 heteroatoms. The Morgan fingerprint density at radius 1 is 1.22 bits per heavy atom. The molecule has 1 aromatic carbocycles. The van der Waals surface area contributed by atoms with Crippen molar-refractivity contribution in [2.75, 3.05) is 13.1 Å². The van der Waals surface area contributed by atoms with Gasteiger partial charge in [-0.25, -0.2) is 13.2 Å². The summed E-state index contributed by atoms with van der Waals surface area (Å²) in [5.74, 6) is -1.36. The average molecular weight is 395 g/mol. The number of nitrogens with zero attached hydrogens (tertiary/aromatic N) is 1. The summed E-state index contributed by atoms with van der Waals surface area (Å²) in [6.45, 7) is 5.96. The highest BCUT2D eigenvalue weighted by atomic mass is 32.2. The zero-order valence-electron chi connectivity index (χ0n) is 15.8. The summed E-state index contributed by atoms with van der Waals surface area (Å²) >= 11 is 0. The predicted molar refractivity (Wildman–Crippen MR) is 97.4 cm³/mol. The van der Waals surface area contributed by atoms with Crippen molar-refractivity contribution < 1.29 is 27.5 Å². The highest BCUT2D eigenvalue weighted by Gasteiger charge is 2.38. The molecule has 2 atom stereocenters. The van der Waals surface area contributed by atoms with Crippen LogP contribution in [0.25, 0.3) is 0 Å². The number of hydrogen-bond acceptors (Lipinski definition) is 6. The van der Waals surface area contributed by atoms with Crippen LogP contribution in [0.5, 0.6) is 0 Å². The van der Waals surface area contributed by atoms with Crippen molar-refractivity contribution in [1.82, 2.24) is 4.31 Å². The van der Waals surface area contributed by atoms with Gasteiger partial charge in [0.05, 0.1) is 10.8 Å². The van der Waals surface area contributed by atoms with Gasteiger partial charge < -0.3 is 9.47 Å². The van der Waals surface area contributed by atoms with Crippen LogP contribution in [-0.4, -0.2) is 50.0 Å². The maximum Gasteiger partial charge on any atom is 0.347 e. The Kier molecular flexibility index (Phi) is 5.58. The zero-order valence-corrected chi connectivity index (χ0v) is 16.6. The Morgan fingerprint density at radius 2 is 1.89 bits per heavy atom. The van der Waals surface area contributed by atoms with Crippen LogP contribution in [0.4, 0.5) is 0 Å². The lowest BCUT2D eigenvalue weighted by Crippen LogP contribution is -2.41. The second-order valence-corrected chi connectivity index (χ2v) is 9.26. The maximum atomic E-state index is 12.9. The minimum Gasteiger partial charge on any atom is -0.460 e. The van der Waals surface area contributed by atoms with Gasteiger partial charge in [-0.2, -0.15) is 4.31 Å². The second kappa shape index (κ2) is 7.59. The van der Waals surface area contributed by atoms with E-state index in [1.165, 1.54) is 4.31 Å². The molecular formula is C19H25NO6S. The number of aryl methyl sites for hydroxylation is 2. The van der Waals surface area contributed by atoms with Crippen LogP contribution in [-0.2, 0) is 29.1 Å². The number of piperidine rings is 1. The molecule has 0 aromatic heterocycles. The van der Waals surface area contributed by atoms with Gasteiger partial charge >= 0.3 is 11.9 Å². The van der Waals surface area contributed by atoms with Crippen molar-refractivity contribution in [3.8, 4) is 0 Å². The highest BCUT2D eigenvalue weighted by molar-refractivity contribution is 7.89. The lowest BCUT2D eigenvalue weighted by Gasteiger charge is -2.30. The van der Waals surface area contributed by atoms with E-state index in [2.05, 4.69) is 0 Å². The summed E-state index contributed by atoms with van der Waals surface area (Å²) in [6.07, 6.45) is 0.0231. The number of rotatable bonds is 4. The van der Waals surface area contributed by atoms with E-state index in [0.717, 1.165) is 5.56 Å². The van der Waals surface area contributed by atoms with Crippen molar-refractivity contribution >= 4 is 22.0 Å². The number of carbonyl (C=O) groups is 2. The summed E-state index contributed by atoms with van der Waals surface area (Å²) in [5, 5.41) is 0. The molecule has 7 nitrogen and oxygen atoms in total. The first-order valence-corrected chi connectivity index (χ1v) is 10.6. The monoisotopic (exact) mass is 395 g/mol. The number of esters is 2.